The molecule has 2 saturated carbocycles. The predicted molar refractivity (Wildman–Crippen MR) is 196 cm³/mol. The molecule has 2 aromatic rings. The molecule has 6 rings (SSSR count). The molecule has 4 bridgehead atoms. The maximum atomic E-state index is 15.3. The molecule has 2 aliphatic carbocycles. The van der Waals surface area contributed by atoms with Crippen molar-refractivity contribution >= 4 is 47.6 Å². The Morgan fingerprint density at radius 2 is 1.45 bits per heavy atom. The van der Waals surface area contributed by atoms with Crippen LogP contribution in [-0.4, -0.2) is 129 Å². The zero-order valence-electron chi connectivity index (χ0n) is 33.8. The van der Waals surface area contributed by atoms with Crippen molar-refractivity contribution in [1.82, 2.24) is 4.98 Å². The Kier molecular flexibility index (Phi) is 11.4. The third-order valence-electron chi connectivity index (χ3n) is 11.6. The van der Waals surface area contributed by atoms with Gasteiger partial charge in [0.15, 0.2) is 41.4 Å². The van der Waals surface area contributed by atoms with Gasteiger partial charge in [-0.25, -0.2) is 14.4 Å². The number of fused-ring (bicyclic) bond motifs is 5. The molecule has 4 aliphatic rings. The second-order valence-electron chi connectivity index (χ2n) is 16.0. The lowest BCUT2D eigenvalue weighted by Gasteiger charge is -2.66. The summed E-state index contributed by atoms with van der Waals surface area (Å²) in [5, 5.41) is 25.1. The fourth-order valence-corrected chi connectivity index (χ4v) is 9.17. The number of ketones is 1. The number of hydrogen-bond donors (Lipinski definition) is 2. The van der Waals surface area contributed by atoms with Gasteiger partial charge in [-0.2, -0.15) is 0 Å². The van der Waals surface area contributed by atoms with E-state index in [-0.39, 0.29) is 23.2 Å². The quantitative estimate of drug-likeness (QED) is 0.290. The summed E-state index contributed by atoms with van der Waals surface area (Å²) in [7, 11) is 0. The van der Waals surface area contributed by atoms with Gasteiger partial charge in [0.1, 0.15) is 35.9 Å². The van der Waals surface area contributed by atoms with E-state index in [0.717, 1.165) is 41.5 Å². The number of esters is 7. The Morgan fingerprint density at radius 1 is 0.817 bits per heavy atom. The number of rotatable bonds is 7. The molecule has 1 aromatic carbocycles. The van der Waals surface area contributed by atoms with Crippen LogP contribution in [-0.2, 0) is 73.1 Å². The molecule has 19 nitrogen and oxygen atoms in total. The van der Waals surface area contributed by atoms with Crippen LogP contribution < -0.4 is 0 Å². The van der Waals surface area contributed by atoms with E-state index in [1.165, 1.54) is 49.5 Å². The average molecular weight is 840 g/mol. The van der Waals surface area contributed by atoms with E-state index in [0.29, 0.717) is 0 Å². The molecule has 2 aliphatic heterocycles. The van der Waals surface area contributed by atoms with E-state index in [4.69, 9.17) is 37.9 Å². The second-order valence-corrected chi connectivity index (χ2v) is 16.0. The van der Waals surface area contributed by atoms with Crippen LogP contribution in [0.4, 0.5) is 0 Å². The topological polar surface area (TPSA) is 264 Å². The molecule has 1 spiro atoms. The van der Waals surface area contributed by atoms with Crippen molar-refractivity contribution in [2.75, 3.05) is 13.2 Å². The first-order valence-corrected chi connectivity index (χ1v) is 19.0. The standard InChI is InChI=1S/C41H45NO18/c1-20(43)53-19-40-31(56-22(3)45)28(47)27-30(55-21(2)44)41(40)39(7,52)32(29(33(40)57-23(4)46)58-34(48)24-12-9-8-10-13-24)59-36(50)37(5,51)16-15-26-25(14-11-17-42-26)35(49)54-18-38(27,6)60-41/h8-14,17,27,29-33,51-52H,15-16,18-19H2,1-7H3/t27-,29+,30-,31-,32+,33+,37?,38+,39+,40-,41-/m1/s1. The van der Waals surface area contributed by atoms with E-state index >= 15 is 4.79 Å². The Hall–Kier alpha value is -5.79. The van der Waals surface area contributed by atoms with E-state index in [2.05, 4.69) is 4.98 Å². The van der Waals surface area contributed by atoms with Gasteiger partial charge in [-0.1, -0.05) is 18.2 Å². The average Bonchev–Trinajstić information content (AvgIpc) is 3.40. The summed E-state index contributed by atoms with van der Waals surface area (Å²) in [5.74, 6) is -10.9. The number of hydrogen-bond acceptors (Lipinski definition) is 19. The molecule has 1 saturated heterocycles. The lowest BCUT2D eigenvalue weighted by molar-refractivity contribution is -0.376. The molecule has 0 amide bonds. The smallest absolute Gasteiger partial charge is 0.340 e. The molecule has 1 aromatic heterocycles. The molecule has 322 valence electrons. The summed E-state index contributed by atoms with van der Waals surface area (Å²) in [6.45, 7) is 5.11. The van der Waals surface area contributed by atoms with Crippen molar-refractivity contribution in [2.24, 2.45) is 11.3 Å². The highest BCUT2D eigenvalue weighted by molar-refractivity contribution is 5.94. The fourth-order valence-electron chi connectivity index (χ4n) is 9.17. The van der Waals surface area contributed by atoms with Gasteiger partial charge >= 0.3 is 41.8 Å². The minimum absolute atomic E-state index is 0.0831. The highest BCUT2D eigenvalue weighted by atomic mass is 16.7. The van der Waals surface area contributed by atoms with Gasteiger partial charge in [0, 0.05) is 33.9 Å². The van der Waals surface area contributed by atoms with E-state index in [9.17, 15) is 43.8 Å². The third kappa shape index (κ3) is 7.07. The third-order valence-corrected chi connectivity index (χ3v) is 11.6. The molecular weight excluding hydrogens is 794 g/mol. The van der Waals surface area contributed by atoms with Gasteiger partial charge in [0.2, 0.25) is 0 Å². The van der Waals surface area contributed by atoms with Gasteiger partial charge in [-0.05, 0) is 57.9 Å². The van der Waals surface area contributed by atoms with Crippen molar-refractivity contribution in [3.05, 3.63) is 65.5 Å². The first-order valence-electron chi connectivity index (χ1n) is 19.0. The number of pyridine rings is 1. The van der Waals surface area contributed by atoms with Crippen LogP contribution in [0.5, 0.6) is 0 Å². The van der Waals surface area contributed by atoms with Gasteiger partial charge < -0.3 is 48.1 Å². The van der Waals surface area contributed by atoms with Gasteiger partial charge in [0.25, 0.3) is 0 Å². The number of aliphatic hydroxyl groups is 2. The lowest BCUT2D eigenvalue weighted by Crippen LogP contribution is -2.88. The minimum Gasteiger partial charge on any atom is -0.465 e. The number of cyclic esters (lactones) is 1. The highest BCUT2D eigenvalue weighted by Gasteiger charge is 2.91. The Balaban J connectivity index is 1.75. The molecule has 11 atom stereocenters. The van der Waals surface area contributed by atoms with Crippen LogP contribution in [0.1, 0.15) is 81.3 Å². The summed E-state index contributed by atoms with van der Waals surface area (Å²) in [4.78, 5) is 114. The monoisotopic (exact) mass is 839 g/mol. The molecule has 3 heterocycles. The number of aryl methyl sites for hydroxylation is 1. The number of benzene rings is 1. The lowest BCUT2D eigenvalue weighted by atomic mass is 9.45. The van der Waals surface area contributed by atoms with Crippen LogP contribution in [0.15, 0.2) is 48.7 Å². The van der Waals surface area contributed by atoms with Crippen LogP contribution in [0.3, 0.4) is 0 Å². The summed E-state index contributed by atoms with van der Waals surface area (Å²) in [6, 6.07) is 10.1. The van der Waals surface area contributed by atoms with Gasteiger partial charge in [0.05, 0.1) is 22.7 Å². The fraction of sp³-hybridized carbons (Fsp3) is 0.537. The van der Waals surface area contributed by atoms with E-state index in [1.54, 1.807) is 6.07 Å². The van der Waals surface area contributed by atoms with E-state index < -0.39 is 131 Å². The van der Waals surface area contributed by atoms with Crippen LogP contribution in [0, 0.1) is 11.3 Å². The first kappa shape index (κ1) is 43.8. The SMILES string of the molecule is CC(=O)OC[C@]12[C@H](OC(C)=O)C(=O)[C@@H]3[C@@H](OC(C)=O)[C@]14O[C@@]3(C)COC(=O)c1cccnc1CCC(C)(O)C(=O)O[C@@H]([C@H](OC(=O)c1ccccc1)[C@@H]2OC(C)=O)[C@]4(C)O. The minimum atomic E-state index is -2.99. The Morgan fingerprint density at radius 3 is 2.07 bits per heavy atom. The predicted octanol–water partition coefficient (Wildman–Crippen LogP) is 0.909. The largest absolute Gasteiger partial charge is 0.465 e. The van der Waals surface area contributed by atoms with Gasteiger partial charge in [-0.15, -0.1) is 0 Å². The van der Waals surface area contributed by atoms with Crippen molar-refractivity contribution in [3.8, 4) is 0 Å². The zero-order chi connectivity index (χ0) is 44.2. The van der Waals surface area contributed by atoms with Crippen molar-refractivity contribution in [1.29, 1.82) is 0 Å². The molecule has 19 heteroatoms. The number of carbonyl (C=O) groups excluding carboxylic acids is 8. The molecule has 0 radical (unpaired) electrons. The number of aromatic nitrogens is 1. The van der Waals surface area contributed by atoms with Crippen molar-refractivity contribution < 1.29 is 86.5 Å². The summed E-state index contributed by atoms with van der Waals surface area (Å²) >= 11 is 0. The normalized spacial score (nSPS) is 35.9. The second kappa shape index (κ2) is 15.7. The number of nitrogens with zero attached hydrogens (tertiary/aromatic N) is 1. The number of Topliss-reactive ketones (excluding diaryl/α,β-unsaturated/α-hetero) is 1. The molecule has 3 fully saturated rings. The maximum absolute atomic E-state index is 15.3. The van der Waals surface area contributed by atoms with E-state index in [1.807, 2.05) is 0 Å². The van der Waals surface area contributed by atoms with Gasteiger partial charge in [-0.3, -0.25) is 29.0 Å². The van der Waals surface area contributed by atoms with Crippen LogP contribution >= 0.6 is 0 Å². The summed E-state index contributed by atoms with van der Waals surface area (Å²) in [5.41, 5.74) is -13.4. The molecular formula is C41H45NO18. The maximum Gasteiger partial charge on any atom is 0.340 e. The zero-order valence-corrected chi connectivity index (χ0v) is 33.8. The van der Waals surface area contributed by atoms with Crippen LogP contribution in [0.2, 0.25) is 0 Å². The highest BCUT2D eigenvalue weighted by Crippen LogP contribution is 2.69. The summed E-state index contributed by atoms with van der Waals surface area (Å²) < 4.78 is 47.8. The van der Waals surface area contributed by atoms with Crippen molar-refractivity contribution in [2.45, 2.75) is 114 Å². The molecule has 60 heavy (non-hydrogen) atoms. The Labute approximate surface area is 342 Å². The van der Waals surface area contributed by atoms with Crippen LogP contribution in [0.25, 0.3) is 0 Å². The molecule has 1 unspecified atom stereocenters. The number of carbonyl (C=O) groups is 8. The molecule has 2 N–H and O–H groups in total. The number of ether oxygens (including phenoxy) is 8. The summed E-state index contributed by atoms with van der Waals surface area (Å²) in [6.07, 6.45) is -10.4. The van der Waals surface area contributed by atoms with Crippen molar-refractivity contribution in [3.63, 3.8) is 0 Å². The first-order chi connectivity index (χ1) is 28.0. The Bertz CT molecular complexity index is 2120.